The van der Waals surface area contributed by atoms with Crippen LogP contribution in [0.3, 0.4) is 0 Å². The van der Waals surface area contributed by atoms with Crippen molar-refractivity contribution >= 4 is 16.8 Å². The molecular formula is C24H19FN2O2. The number of carbonyl (C=O) groups excluding carboxylic acids is 1. The Bertz CT molecular complexity index is 1200. The Kier molecular flexibility index (Phi) is 4.09. The van der Waals surface area contributed by atoms with Crippen molar-refractivity contribution in [2.75, 3.05) is 7.11 Å². The number of nitrogens with one attached hydrogen (secondary N) is 1. The van der Waals surface area contributed by atoms with Crippen molar-refractivity contribution in [3.63, 3.8) is 0 Å². The number of hydrogen-bond donors (Lipinski definition) is 1. The molecule has 29 heavy (non-hydrogen) atoms. The average molecular weight is 386 g/mol. The second-order valence-corrected chi connectivity index (χ2v) is 7.19. The number of aromatic nitrogens is 1. The van der Waals surface area contributed by atoms with E-state index < -0.39 is 6.04 Å². The Labute approximate surface area is 167 Å². The predicted molar refractivity (Wildman–Crippen MR) is 109 cm³/mol. The Morgan fingerprint density at radius 3 is 2.62 bits per heavy atom. The third-order valence-corrected chi connectivity index (χ3v) is 5.49. The van der Waals surface area contributed by atoms with Gasteiger partial charge < -0.3 is 14.6 Å². The van der Waals surface area contributed by atoms with Gasteiger partial charge in [-0.2, -0.15) is 0 Å². The smallest absolute Gasteiger partial charge is 0.255 e. The van der Waals surface area contributed by atoms with E-state index in [1.807, 2.05) is 54.6 Å². The standard InChI is InChI=1S/C24H19FN2O2/c1-29-22-11-10-17(25)13-19(22)23(21-12-15-6-3-5-9-20(15)26-21)27-14-16-7-2-4-8-18(16)24(27)28/h2-13,23,26H,14H2,1H3/t23-/m0/s1. The largest absolute Gasteiger partial charge is 0.496 e. The third kappa shape index (κ3) is 2.86. The molecule has 144 valence electrons. The molecule has 5 rings (SSSR count). The van der Waals surface area contributed by atoms with Gasteiger partial charge in [0.15, 0.2) is 0 Å². The first-order valence-electron chi connectivity index (χ1n) is 9.45. The highest BCUT2D eigenvalue weighted by Crippen LogP contribution is 2.40. The van der Waals surface area contributed by atoms with Crippen molar-refractivity contribution in [1.29, 1.82) is 0 Å². The molecule has 4 aromatic rings. The van der Waals surface area contributed by atoms with Crippen LogP contribution in [0.1, 0.15) is 33.2 Å². The van der Waals surface area contributed by atoms with Gasteiger partial charge in [0.05, 0.1) is 7.11 Å². The molecule has 0 fully saturated rings. The minimum atomic E-state index is -0.507. The molecule has 1 aromatic heterocycles. The molecule has 0 saturated heterocycles. The van der Waals surface area contributed by atoms with Gasteiger partial charge in [-0.05, 0) is 47.3 Å². The van der Waals surface area contributed by atoms with Crippen LogP contribution in [0.2, 0.25) is 0 Å². The van der Waals surface area contributed by atoms with Gasteiger partial charge in [0.1, 0.15) is 17.6 Å². The number of fused-ring (bicyclic) bond motifs is 2. The van der Waals surface area contributed by atoms with Gasteiger partial charge >= 0.3 is 0 Å². The molecule has 3 aromatic carbocycles. The Morgan fingerprint density at radius 2 is 1.83 bits per heavy atom. The summed E-state index contributed by atoms with van der Waals surface area (Å²) < 4.78 is 19.8. The molecule has 0 aliphatic carbocycles. The molecule has 2 heterocycles. The highest BCUT2D eigenvalue weighted by atomic mass is 19.1. The molecule has 1 atom stereocenters. The number of para-hydroxylation sites is 1. The van der Waals surface area contributed by atoms with E-state index in [1.165, 1.54) is 12.1 Å². The molecule has 5 heteroatoms. The van der Waals surface area contributed by atoms with E-state index >= 15 is 0 Å². The summed E-state index contributed by atoms with van der Waals surface area (Å²) >= 11 is 0. The topological polar surface area (TPSA) is 45.3 Å². The summed E-state index contributed by atoms with van der Waals surface area (Å²) in [6.07, 6.45) is 0. The van der Waals surface area contributed by atoms with E-state index in [0.717, 1.165) is 22.2 Å². The Morgan fingerprint density at radius 1 is 1.03 bits per heavy atom. The average Bonchev–Trinajstić information content (AvgIpc) is 3.30. The van der Waals surface area contributed by atoms with E-state index in [1.54, 1.807) is 18.1 Å². The number of hydrogen-bond acceptors (Lipinski definition) is 2. The monoisotopic (exact) mass is 386 g/mol. The van der Waals surface area contributed by atoms with Gasteiger partial charge in [0, 0.05) is 28.9 Å². The number of amides is 1. The lowest BCUT2D eigenvalue weighted by Gasteiger charge is -2.29. The van der Waals surface area contributed by atoms with Crippen molar-refractivity contribution in [3.8, 4) is 5.75 Å². The molecule has 4 nitrogen and oxygen atoms in total. The van der Waals surface area contributed by atoms with E-state index in [2.05, 4.69) is 4.98 Å². The fraction of sp³-hybridized carbons (Fsp3) is 0.125. The molecule has 1 aliphatic rings. The van der Waals surface area contributed by atoms with Gasteiger partial charge in [-0.25, -0.2) is 4.39 Å². The number of benzene rings is 3. The first-order chi connectivity index (χ1) is 14.2. The molecular weight excluding hydrogens is 367 g/mol. The maximum absolute atomic E-state index is 14.2. The number of halogens is 1. The fourth-order valence-corrected chi connectivity index (χ4v) is 4.15. The van der Waals surface area contributed by atoms with Crippen LogP contribution in [-0.2, 0) is 6.54 Å². The molecule has 0 radical (unpaired) electrons. The van der Waals surface area contributed by atoms with Crippen LogP contribution in [0.4, 0.5) is 4.39 Å². The van der Waals surface area contributed by atoms with Gasteiger partial charge in [-0.3, -0.25) is 4.79 Å². The Balaban J connectivity index is 1.70. The maximum Gasteiger partial charge on any atom is 0.255 e. The summed E-state index contributed by atoms with van der Waals surface area (Å²) in [5.74, 6) is 0.0976. The number of nitrogens with zero attached hydrogens (tertiary/aromatic N) is 1. The minimum Gasteiger partial charge on any atom is -0.496 e. The predicted octanol–water partition coefficient (Wildman–Crippen LogP) is 5.06. The summed E-state index contributed by atoms with van der Waals surface area (Å²) in [5, 5.41) is 1.03. The lowest BCUT2D eigenvalue weighted by molar-refractivity contribution is 0.0726. The number of aromatic amines is 1. The van der Waals surface area contributed by atoms with E-state index in [9.17, 15) is 9.18 Å². The Hall–Kier alpha value is -3.60. The van der Waals surface area contributed by atoms with Crippen molar-refractivity contribution in [3.05, 3.63) is 101 Å². The summed E-state index contributed by atoms with van der Waals surface area (Å²) in [6, 6.07) is 21.4. The summed E-state index contributed by atoms with van der Waals surface area (Å²) in [6.45, 7) is 0.453. The van der Waals surface area contributed by atoms with Crippen molar-refractivity contribution in [2.45, 2.75) is 12.6 Å². The second kappa shape index (κ2) is 6.78. The number of carbonyl (C=O) groups is 1. The van der Waals surface area contributed by atoms with Crippen LogP contribution in [0.25, 0.3) is 10.9 Å². The van der Waals surface area contributed by atoms with Crippen LogP contribution in [-0.4, -0.2) is 22.9 Å². The van der Waals surface area contributed by atoms with Crippen LogP contribution >= 0.6 is 0 Å². The third-order valence-electron chi connectivity index (χ3n) is 5.49. The van der Waals surface area contributed by atoms with Crippen LogP contribution in [0, 0.1) is 5.82 Å². The normalized spacial score (nSPS) is 14.3. The van der Waals surface area contributed by atoms with Crippen LogP contribution in [0.15, 0.2) is 72.8 Å². The van der Waals surface area contributed by atoms with E-state index in [0.29, 0.717) is 23.4 Å². The van der Waals surface area contributed by atoms with E-state index in [4.69, 9.17) is 4.74 Å². The zero-order chi connectivity index (χ0) is 20.0. The van der Waals surface area contributed by atoms with Crippen LogP contribution < -0.4 is 4.74 Å². The number of ether oxygens (including phenoxy) is 1. The second-order valence-electron chi connectivity index (χ2n) is 7.19. The SMILES string of the molecule is COc1ccc(F)cc1[C@@H](c1cc2ccccc2[nH]1)N1Cc2ccccc2C1=O. The zero-order valence-electron chi connectivity index (χ0n) is 15.9. The minimum absolute atomic E-state index is 0.0735. The quantitative estimate of drug-likeness (QED) is 0.533. The zero-order valence-corrected chi connectivity index (χ0v) is 15.9. The van der Waals surface area contributed by atoms with Gasteiger partial charge in [0.25, 0.3) is 5.91 Å². The van der Waals surface area contributed by atoms with Crippen LogP contribution in [0.5, 0.6) is 5.75 Å². The fourth-order valence-electron chi connectivity index (χ4n) is 4.15. The van der Waals surface area contributed by atoms with E-state index in [-0.39, 0.29) is 11.7 Å². The molecule has 0 saturated carbocycles. The van der Waals surface area contributed by atoms with Gasteiger partial charge in [-0.1, -0.05) is 36.4 Å². The highest BCUT2D eigenvalue weighted by molar-refractivity contribution is 5.99. The lowest BCUT2D eigenvalue weighted by atomic mass is 10.0. The highest BCUT2D eigenvalue weighted by Gasteiger charge is 2.36. The summed E-state index contributed by atoms with van der Waals surface area (Å²) in [5.41, 5.74) is 4.04. The number of rotatable bonds is 4. The molecule has 1 aliphatic heterocycles. The number of H-pyrrole nitrogens is 1. The molecule has 0 unspecified atom stereocenters. The molecule has 0 bridgehead atoms. The summed E-state index contributed by atoms with van der Waals surface area (Å²) in [7, 11) is 1.56. The first kappa shape index (κ1) is 17.5. The van der Waals surface area contributed by atoms with Crippen molar-refractivity contribution in [1.82, 2.24) is 9.88 Å². The number of methoxy groups -OCH3 is 1. The lowest BCUT2D eigenvalue weighted by Crippen LogP contribution is -2.30. The molecule has 0 spiro atoms. The van der Waals surface area contributed by atoms with Crippen molar-refractivity contribution < 1.29 is 13.9 Å². The summed E-state index contributed by atoms with van der Waals surface area (Å²) in [4.78, 5) is 18.4. The first-order valence-corrected chi connectivity index (χ1v) is 9.45. The molecule has 1 N–H and O–H groups in total. The van der Waals surface area contributed by atoms with Gasteiger partial charge in [0.2, 0.25) is 0 Å². The molecule has 1 amide bonds. The van der Waals surface area contributed by atoms with Crippen molar-refractivity contribution in [2.24, 2.45) is 0 Å². The maximum atomic E-state index is 14.2. The van der Waals surface area contributed by atoms with Gasteiger partial charge in [-0.15, -0.1) is 0 Å².